The summed E-state index contributed by atoms with van der Waals surface area (Å²) in [6.07, 6.45) is 5.46. The summed E-state index contributed by atoms with van der Waals surface area (Å²) in [7, 11) is 0. The lowest BCUT2D eigenvalue weighted by atomic mass is 9.89. The molecule has 0 aromatic heterocycles. The van der Waals surface area contributed by atoms with E-state index < -0.39 is 0 Å². The van der Waals surface area contributed by atoms with E-state index in [4.69, 9.17) is 0 Å². The van der Waals surface area contributed by atoms with Crippen LogP contribution < -0.4 is 0 Å². The second-order valence-electron chi connectivity index (χ2n) is 5.51. The van der Waals surface area contributed by atoms with E-state index in [1.165, 1.54) is 4.74 Å². The zero-order valence-corrected chi connectivity index (χ0v) is 11.1. The molecule has 1 heterocycles. The molecular weight excluding hydrogens is 240 g/mol. The third kappa shape index (κ3) is 2.11. The molecule has 2 atom stereocenters. The summed E-state index contributed by atoms with van der Waals surface area (Å²) in [5.74, 6) is 0. The maximum atomic E-state index is 12.5. The number of nitrogens with zero attached hydrogens (tertiary/aromatic N) is 2. The van der Waals surface area contributed by atoms with Gasteiger partial charge in [-0.05, 0) is 36.6 Å². The van der Waals surface area contributed by atoms with Crippen molar-refractivity contribution in [3.8, 4) is 0 Å². The molecule has 0 saturated heterocycles. The maximum Gasteiger partial charge on any atom is 0.288 e. The van der Waals surface area contributed by atoms with Crippen molar-refractivity contribution < 1.29 is 14.7 Å². The molecule has 1 N–H and O–H groups in total. The van der Waals surface area contributed by atoms with Gasteiger partial charge in [-0.1, -0.05) is 17.7 Å². The minimum Gasteiger partial charge on any atom is -0.623 e. The SMILES string of the molecule is Cc1ccc(C2=[N+]([O-])[C@H]3CCCC[C@@H]3[N+](O)=C2)cc1. The Balaban J connectivity index is 2.02. The van der Waals surface area contributed by atoms with E-state index in [0.29, 0.717) is 5.71 Å². The molecule has 1 aliphatic heterocycles. The van der Waals surface area contributed by atoms with Gasteiger partial charge in [0.15, 0.2) is 0 Å². The lowest BCUT2D eigenvalue weighted by Crippen LogP contribution is -2.51. The average Bonchev–Trinajstić information content (AvgIpc) is 2.44. The number of hydroxylamine groups is 2. The molecule has 1 fully saturated rings. The van der Waals surface area contributed by atoms with Crippen LogP contribution in [0.2, 0.25) is 0 Å². The summed E-state index contributed by atoms with van der Waals surface area (Å²) in [4.78, 5) is 0. The zero-order valence-electron chi connectivity index (χ0n) is 11.1. The van der Waals surface area contributed by atoms with Crippen LogP contribution in [0.15, 0.2) is 24.3 Å². The molecule has 0 bridgehead atoms. The number of hydrogen-bond donors (Lipinski definition) is 1. The minimum atomic E-state index is -0.125. The zero-order chi connectivity index (χ0) is 13.4. The van der Waals surface area contributed by atoms with Gasteiger partial charge in [-0.2, -0.15) is 4.74 Å². The van der Waals surface area contributed by atoms with Crippen molar-refractivity contribution in [1.82, 2.24) is 0 Å². The number of fused-ring (bicyclic) bond motifs is 1. The molecule has 4 nitrogen and oxygen atoms in total. The first-order valence-electron chi connectivity index (χ1n) is 6.89. The summed E-state index contributed by atoms with van der Waals surface area (Å²) in [5, 5.41) is 22.6. The Bertz CT molecular complexity index is 546. The summed E-state index contributed by atoms with van der Waals surface area (Å²) < 4.78 is 2.34. The van der Waals surface area contributed by atoms with E-state index in [-0.39, 0.29) is 12.1 Å². The first kappa shape index (κ1) is 12.2. The summed E-state index contributed by atoms with van der Waals surface area (Å²) in [6.45, 7) is 2.02. The van der Waals surface area contributed by atoms with Crippen LogP contribution in [-0.2, 0) is 0 Å². The van der Waals surface area contributed by atoms with E-state index in [1.54, 1.807) is 6.21 Å². The first-order valence-corrected chi connectivity index (χ1v) is 6.89. The third-order valence-electron chi connectivity index (χ3n) is 4.17. The van der Waals surface area contributed by atoms with E-state index >= 15 is 0 Å². The Kier molecular flexibility index (Phi) is 3.01. The van der Waals surface area contributed by atoms with Gasteiger partial charge in [0.25, 0.3) is 18.0 Å². The molecule has 0 amide bonds. The van der Waals surface area contributed by atoms with Crippen LogP contribution in [0.5, 0.6) is 0 Å². The van der Waals surface area contributed by atoms with Crippen molar-refractivity contribution in [3.05, 3.63) is 40.6 Å². The molecular formula is C15H19N2O2+. The lowest BCUT2D eigenvalue weighted by Gasteiger charge is -2.28. The quantitative estimate of drug-likeness (QED) is 0.477. The largest absolute Gasteiger partial charge is 0.623 e. The Morgan fingerprint density at radius 1 is 1.11 bits per heavy atom. The van der Waals surface area contributed by atoms with Gasteiger partial charge in [-0.25, -0.2) is 0 Å². The van der Waals surface area contributed by atoms with E-state index in [1.807, 2.05) is 31.2 Å². The van der Waals surface area contributed by atoms with Crippen LogP contribution in [0.25, 0.3) is 0 Å². The third-order valence-corrected chi connectivity index (χ3v) is 4.17. The standard InChI is InChI=1S/C15H19N2O2/c1-11-6-8-12(9-7-11)15-10-16(18)13-4-2-3-5-14(13)17(15)19/h6-10,13-14,18H,2-5H2,1H3/q+1/t13-,14-/m0/s1. The van der Waals surface area contributed by atoms with Crippen LogP contribution in [0.3, 0.4) is 0 Å². The van der Waals surface area contributed by atoms with Crippen LogP contribution in [0.4, 0.5) is 0 Å². The molecule has 0 spiro atoms. The van der Waals surface area contributed by atoms with Crippen LogP contribution in [-0.4, -0.2) is 38.7 Å². The summed E-state index contributed by atoms with van der Waals surface area (Å²) in [5.41, 5.74) is 2.59. The first-order chi connectivity index (χ1) is 9.16. The molecule has 100 valence electrons. The van der Waals surface area contributed by atoms with Gasteiger partial charge in [0.2, 0.25) is 6.04 Å². The van der Waals surface area contributed by atoms with Gasteiger partial charge < -0.3 is 5.21 Å². The number of benzene rings is 1. The Hall–Kier alpha value is -1.84. The Morgan fingerprint density at radius 2 is 1.74 bits per heavy atom. The normalized spacial score (nSPS) is 26.9. The molecule has 3 rings (SSSR count). The van der Waals surface area contributed by atoms with Gasteiger partial charge in [-0.3, -0.25) is 5.21 Å². The van der Waals surface area contributed by atoms with E-state index in [0.717, 1.165) is 41.5 Å². The molecule has 1 aliphatic carbocycles. The summed E-state index contributed by atoms with van der Waals surface area (Å²) in [6, 6.07) is 7.66. The van der Waals surface area contributed by atoms with Crippen LogP contribution in [0.1, 0.15) is 36.8 Å². The smallest absolute Gasteiger partial charge is 0.288 e. The van der Waals surface area contributed by atoms with Crippen molar-refractivity contribution in [2.45, 2.75) is 44.7 Å². The van der Waals surface area contributed by atoms with E-state index in [2.05, 4.69) is 0 Å². The van der Waals surface area contributed by atoms with Crippen LogP contribution >= 0.6 is 0 Å². The molecule has 0 unspecified atom stereocenters. The highest BCUT2D eigenvalue weighted by molar-refractivity contribution is 6.34. The maximum absolute atomic E-state index is 12.5. The van der Waals surface area contributed by atoms with Crippen molar-refractivity contribution >= 4 is 11.9 Å². The lowest BCUT2D eigenvalue weighted by molar-refractivity contribution is -0.819. The van der Waals surface area contributed by atoms with Crippen LogP contribution in [0, 0.1) is 12.1 Å². The second kappa shape index (κ2) is 4.68. The van der Waals surface area contributed by atoms with Gasteiger partial charge >= 0.3 is 0 Å². The van der Waals surface area contributed by atoms with Crippen molar-refractivity contribution in [1.29, 1.82) is 0 Å². The monoisotopic (exact) mass is 259 g/mol. The Labute approximate surface area is 112 Å². The van der Waals surface area contributed by atoms with Gasteiger partial charge in [0.05, 0.1) is 5.56 Å². The molecule has 2 aliphatic rings. The highest BCUT2D eigenvalue weighted by Crippen LogP contribution is 2.25. The van der Waals surface area contributed by atoms with Gasteiger partial charge in [0.1, 0.15) is 0 Å². The summed E-state index contributed by atoms with van der Waals surface area (Å²) >= 11 is 0. The highest BCUT2D eigenvalue weighted by atomic mass is 16.5. The molecule has 0 radical (unpaired) electrons. The molecule has 4 heteroatoms. The van der Waals surface area contributed by atoms with Crippen molar-refractivity contribution in [3.63, 3.8) is 0 Å². The molecule has 1 saturated carbocycles. The minimum absolute atomic E-state index is 0.0551. The second-order valence-corrected chi connectivity index (χ2v) is 5.51. The predicted molar refractivity (Wildman–Crippen MR) is 73.1 cm³/mol. The number of aryl methyl sites for hydroxylation is 1. The fraction of sp³-hybridized carbons (Fsp3) is 0.467. The topological polar surface area (TPSA) is 49.3 Å². The molecule has 1 aromatic rings. The predicted octanol–water partition coefficient (Wildman–Crippen LogP) is 2.09. The average molecular weight is 259 g/mol. The fourth-order valence-corrected chi connectivity index (χ4v) is 3.06. The van der Waals surface area contributed by atoms with Crippen molar-refractivity contribution in [2.24, 2.45) is 0 Å². The number of rotatable bonds is 1. The molecule has 1 aromatic carbocycles. The number of hydrogen-bond acceptors (Lipinski definition) is 2. The van der Waals surface area contributed by atoms with Crippen molar-refractivity contribution in [2.75, 3.05) is 0 Å². The Morgan fingerprint density at radius 3 is 2.42 bits per heavy atom. The highest BCUT2D eigenvalue weighted by Gasteiger charge is 2.45. The van der Waals surface area contributed by atoms with Gasteiger partial charge in [0, 0.05) is 12.8 Å². The fourth-order valence-electron chi connectivity index (χ4n) is 3.06. The molecule has 19 heavy (non-hydrogen) atoms. The van der Waals surface area contributed by atoms with E-state index in [9.17, 15) is 10.4 Å². The van der Waals surface area contributed by atoms with Gasteiger partial charge in [-0.15, -0.1) is 0 Å².